The first-order valence-electron chi connectivity index (χ1n) is 8.69. The van der Waals surface area contributed by atoms with Crippen molar-refractivity contribution in [1.82, 2.24) is 25.4 Å². The Morgan fingerprint density at radius 2 is 2.31 bits per heavy atom. The predicted octanol–water partition coefficient (Wildman–Crippen LogP) is 3.24. The Morgan fingerprint density at radius 1 is 1.46 bits per heavy atom. The third-order valence-corrected chi connectivity index (χ3v) is 5.95. The molecule has 1 atom stereocenters. The lowest BCUT2D eigenvalue weighted by atomic mass is 10.1. The maximum atomic E-state index is 4.49. The molecule has 1 aliphatic rings. The largest absolute Gasteiger partial charge is 0.352 e. The van der Waals surface area contributed by atoms with E-state index in [2.05, 4.69) is 68.1 Å². The zero-order valence-corrected chi connectivity index (χ0v) is 18.6. The van der Waals surface area contributed by atoms with E-state index in [4.69, 9.17) is 0 Å². The maximum absolute atomic E-state index is 4.49. The number of thioether (sulfide) groups is 1. The summed E-state index contributed by atoms with van der Waals surface area (Å²) < 4.78 is 0. The lowest BCUT2D eigenvalue weighted by Gasteiger charge is -2.36. The molecule has 2 N–H and O–H groups in total. The van der Waals surface area contributed by atoms with Crippen molar-refractivity contribution in [2.45, 2.75) is 25.6 Å². The van der Waals surface area contributed by atoms with E-state index in [9.17, 15) is 0 Å². The summed E-state index contributed by atoms with van der Waals surface area (Å²) in [5.74, 6) is 3.62. The molecule has 1 aliphatic heterocycles. The van der Waals surface area contributed by atoms with Crippen molar-refractivity contribution in [3.63, 3.8) is 0 Å². The average Bonchev–Trinajstić information content (AvgIpc) is 3.17. The number of halogens is 1. The van der Waals surface area contributed by atoms with Gasteiger partial charge in [-0.05, 0) is 17.5 Å². The molecule has 1 fully saturated rings. The van der Waals surface area contributed by atoms with E-state index >= 15 is 0 Å². The topological polar surface area (TPSA) is 69.2 Å². The molecule has 142 valence electrons. The molecular formula is C18H27IN6S. The highest BCUT2D eigenvalue weighted by atomic mass is 127. The molecule has 0 radical (unpaired) electrons. The quantitative estimate of drug-likeness (QED) is 0.395. The van der Waals surface area contributed by atoms with Gasteiger partial charge in [0.05, 0.1) is 0 Å². The first-order chi connectivity index (χ1) is 12.2. The van der Waals surface area contributed by atoms with Crippen LogP contribution in [0.3, 0.4) is 0 Å². The van der Waals surface area contributed by atoms with Gasteiger partial charge in [0.2, 0.25) is 0 Å². The smallest absolute Gasteiger partial charge is 0.193 e. The van der Waals surface area contributed by atoms with Gasteiger partial charge in [0.15, 0.2) is 11.8 Å². The van der Waals surface area contributed by atoms with Gasteiger partial charge < -0.3 is 10.2 Å². The molecule has 3 rings (SSSR count). The Hall–Kier alpha value is -1.29. The molecule has 26 heavy (non-hydrogen) atoms. The highest BCUT2D eigenvalue weighted by molar-refractivity contribution is 14.0. The number of hydrogen-bond donors (Lipinski definition) is 2. The van der Waals surface area contributed by atoms with Gasteiger partial charge in [-0.2, -0.15) is 16.9 Å². The number of aromatic amines is 1. The molecule has 1 aromatic heterocycles. The number of nitrogens with one attached hydrogen (secondary N) is 2. The van der Waals surface area contributed by atoms with Crippen LogP contribution < -0.4 is 5.32 Å². The molecule has 0 bridgehead atoms. The highest BCUT2D eigenvalue weighted by Gasteiger charge is 2.24. The summed E-state index contributed by atoms with van der Waals surface area (Å²) >= 11 is 2.08. The summed E-state index contributed by atoms with van der Waals surface area (Å²) in [6.07, 6.45) is 1.53. The number of aliphatic imine (C=N–C) groups is 1. The van der Waals surface area contributed by atoms with Crippen LogP contribution >= 0.6 is 35.7 Å². The fraction of sp³-hybridized carbons (Fsp3) is 0.500. The van der Waals surface area contributed by atoms with Crippen LogP contribution in [0.2, 0.25) is 0 Å². The number of hydrogen-bond acceptors (Lipinski definition) is 4. The summed E-state index contributed by atoms with van der Waals surface area (Å²) in [5.41, 5.74) is 2.24. The lowest BCUT2D eigenvalue weighted by molar-refractivity contribution is 0.380. The van der Waals surface area contributed by atoms with Gasteiger partial charge in [0, 0.05) is 43.2 Å². The molecule has 1 unspecified atom stereocenters. The van der Waals surface area contributed by atoms with Crippen LogP contribution in [0.1, 0.15) is 19.4 Å². The van der Waals surface area contributed by atoms with Crippen LogP contribution in [0.25, 0.3) is 11.4 Å². The number of nitrogens with zero attached hydrogens (tertiary/aromatic N) is 4. The van der Waals surface area contributed by atoms with Gasteiger partial charge >= 0.3 is 0 Å². The second-order valence-electron chi connectivity index (χ2n) is 6.53. The monoisotopic (exact) mass is 486 g/mol. The molecule has 2 heterocycles. The Morgan fingerprint density at radius 3 is 3.00 bits per heavy atom. The molecule has 6 nitrogen and oxygen atoms in total. The SMILES string of the molecule is CN=C(NCc1cccc(-c2ncn[nH]2)c1)N1CCSC(C(C)C)C1.I. The van der Waals surface area contributed by atoms with Crippen molar-refractivity contribution in [3.05, 3.63) is 36.2 Å². The van der Waals surface area contributed by atoms with Gasteiger partial charge in [0.25, 0.3) is 0 Å². The molecule has 8 heteroatoms. The minimum atomic E-state index is 0. The van der Waals surface area contributed by atoms with Crippen molar-refractivity contribution in [3.8, 4) is 11.4 Å². The van der Waals surface area contributed by atoms with E-state index in [-0.39, 0.29) is 24.0 Å². The Kier molecular flexibility index (Phi) is 8.20. The minimum absolute atomic E-state index is 0. The van der Waals surface area contributed by atoms with E-state index in [0.717, 1.165) is 42.7 Å². The van der Waals surface area contributed by atoms with E-state index in [1.165, 1.54) is 11.9 Å². The van der Waals surface area contributed by atoms with Crippen molar-refractivity contribution in [2.75, 3.05) is 25.9 Å². The number of benzene rings is 1. The predicted molar refractivity (Wildman–Crippen MR) is 120 cm³/mol. The van der Waals surface area contributed by atoms with Gasteiger partial charge in [-0.15, -0.1) is 24.0 Å². The van der Waals surface area contributed by atoms with Crippen LogP contribution in [-0.4, -0.2) is 57.2 Å². The van der Waals surface area contributed by atoms with Crippen molar-refractivity contribution < 1.29 is 0 Å². The summed E-state index contributed by atoms with van der Waals surface area (Å²) in [7, 11) is 1.86. The van der Waals surface area contributed by atoms with Gasteiger partial charge in [-0.3, -0.25) is 10.1 Å². The Labute approximate surface area is 176 Å². The fourth-order valence-corrected chi connectivity index (χ4v) is 4.26. The Bertz CT molecular complexity index is 703. The second-order valence-corrected chi connectivity index (χ2v) is 7.88. The van der Waals surface area contributed by atoms with E-state index in [1.54, 1.807) is 0 Å². The molecule has 0 saturated carbocycles. The number of rotatable bonds is 4. The van der Waals surface area contributed by atoms with E-state index < -0.39 is 0 Å². The molecular weight excluding hydrogens is 459 g/mol. The zero-order valence-electron chi connectivity index (χ0n) is 15.5. The van der Waals surface area contributed by atoms with Gasteiger partial charge in [-0.25, -0.2) is 4.98 Å². The fourth-order valence-electron chi connectivity index (χ4n) is 2.96. The third-order valence-electron chi connectivity index (χ3n) is 4.41. The second kappa shape index (κ2) is 10.1. The molecule has 1 aromatic carbocycles. The minimum Gasteiger partial charge on any atom is -0.352 e. The van der Waals surface area contributed by atoms with E-state index in [0.29, 0.717) is 11.2 Å². The molecule has 2 aromatic rings. The summed E-state index contributed by atoms with van der Waals surface area (Å²) in [4.78, 5) is 11.1. The normalized spacial score (nSPS) is 17.9. The molecule has 1 saturated heterocycles. The molecule has 0 amide bonds. The number of guanidine groups is 1. The van der Waals surface area contributed by atoms with Crippen LogP contribution in [-0.2, 0) is 6.54 Å². The number of H-pyrrole nitrogens is 1. The third kappa shape index (κ3) is 5.35. The number of aromatic nitrogens is 3. The van der Waals surface area contributed by atoms with E-state index in [1.807, 2.05) is 19.2 Å². The first-order valence-corrected chi connectivity index (χ1v) is 9.74. The van der Waals surface area contributed by atoms with Crippen molar-refractivity contribution in [2.24, 2.45) is 10.9 Å². The maximum Gasteiger partial charge on any atom is 0.193 e. The highest BCUT2D eigenvalue weighted by Crippen LogP contribution is 2.25. The van der Waals surface area contributed by atoms with Gasteiger partial charge in [0.1, 0.15) is 6.33 Å². The average molecular weight is 486 g/mol. The van der Waals surface area contributed by atoms with Crippen LogP contribution in [0.4, 0.5) is 0 Å². The lowest BCUT2D eigenvalue weighted by Crippen LogP contribution is -2.48. The Balaban J connectivity index is 0.00000243. The summed E-state index contributed by atoms with van der Waals surface area (Å²) in [6, 6.07) is 8.32. The van der Waals surface area contributed by atoms with Gasteiger partial charge in [-0.1, -0.05) is 32.0 Å². The van der Waals surface area contributed by atoms with Crippen LogP contribution in [0, 0.1) is 5.92 Å². The zero-order chi connectivity index (χ0) is 17.6. The van der Waals surface area contributed by atoms with Crippen LogP contribution in [0.15, 0.2) is 35.6 Å². The molecule has 0 aliphatic carbocycles. The standard InChI is InChI=1S/C18H26N6S.HI/c1-13(2)16-11-24(7-8-25-16)18(19-3)20-10-14-5-4-6-15(9-14)17-21-12-22-23-17;/h4-6,9,12-13,16H,7-8,10-11H2,1-3H3,(H,19,20)(H,21,22,23);1H. The molecule has 0 spiro atoms. The van der Waals surface area contributed by atoms with Crippen molar-refractivity contribution in [1.29, 1.82) is 0 Å². The van der Waals surface area contributed by atoms with Crippen molar-refractivity contribution >= 4 is 41.7 Å². The van der Waals surface area contributed by atoms with Crippen LogP contribution in [0.5, 0.6) is 0 Å². The first kappa shape index (κ1) is 21.0. The summed E-state index contributed by atoms with van der Waals surface area (Å²) in [6.45, 7) is 7.44. The summed E-state index contributed by atoms with van der Waals surface area (Å²) in [5, 5.41) is 11.0.